The Labute approximate surface area is 148 Å². The number of aromatic carboxylic acids is 1. The number of amides is 1. The number of hydrogen-bond acceptors (Lipinski definition) is 4. The summed E-state index contributed by atoms with van der Waals surface area (Å²) < 4.78 is 5.39. The number of terminal acetylenes is 1. The average molecular weight is 344 g/mol. The summed E-state index contributed by atoms with van der Waals surface area (Å²) in [6.07, 6.45) is 5.13. The molecule has 1 heterocycles. The molecule has 0 unspecified atom stereocenters. The molecular weight excluding hydrogens is 320 g/mol. The van der Waals surface area contributed by atoms with Gasteiger partial charge in [0.15, 0.2) is 0 Å². The fourth-order valence-corrected chi connectivity index (χ4v) is 2.79. The molecule has 1 saturated heterocycles. The summed E-state index contributed by atoms with van der Waals surface area (Å²) in [7, 11) is 0. The summed E-state index contributed by atoms with van der Waals surface area (Å²) in [5.41, 5.74) is 1.70. The minimum absolute atomic E-state index is 0.208. The standard InChI is InChI=1S/C19H24N2O4/c1-6-14-11-15(17(22)23)13(2)16(12-14)20-7-9-21(10-8-20)18(24)25-19(3,4)5/h1,11-12H,7-10H2,2-5H3,(H,22,23). The number of ether oxygens (including phenoxy) is 1. The quantitative estimate of drug-likeness (QED) is 0.836. The van der Waals surface area contributed by atoms with Crippen LogP contribution in [0.25, 0.3) is 0 Å². The molecule has 1 aliphatic heterocycles. The molecule has 0 bridgehead atoms. The van der Waals surface area contributed by atoms with Crippen LogP contribution in [0.3, 0.4) is 0 Å². The molecule has 0 saturated carbocycles. The van der Waals surface area contributed by atoms with E-state index in [4.69, 9.17) is 11.2 Å². The van der Waals surface area contributed by atoms with Gasteiger partial charge in [0, 0.05) is 37.4 Å². The topological polar surface area (TPSA) is 70.1 Å². The minimum Gasteiger partial charge on any atom is -0.478 e. The second kappa shape index (κ2) is 7.06. The van der Waals surface area contributed by atoms with Gasteiger partial charge in [-0.1, -0.05) is 5.92 Å². The molecule has 6 heteroatoms. The number of benzene rings is 1. The maximum atomic E-state index is 12.1. The maximum Gasteiger partial charge on any atom is 0.410 e. The van der Waals surface area contributed by atoms with Crippen molar-refractivity contribution in [3.8, 4) is 12.3 Å². The Bertz CT molecular complexity index is 720. The lowest BCUT2D eigenvalue weighted by atomic mass is 10.0. The third-order valence-electron chi connectivity index (χ3n) is 4.05. The van der Waals surface area contributed by atoms with E-state index in [1.165, 1.54) is 6.07 Å². The van der Waals surface area contributed by atoms with Gasteiger partial charge in [-0.2, -0.15) is 0 Å². The molecule has 0 aliphatic carbocycles. The van der Waals surface area contributed by atoms with Crippen LogP contribution < -0.4 is 4.90 Å². The van der Waals surface area contributed by atoms with Gasteiger partial charge in [0.1, 0.15) is 5.60 Å². The molecule has 6 nitrogen and oxygen atoms in total. The normalized spacial score (nSPS) is 14.8. The van der Waals surface area contributed by atoms with Gasteiger partial charge >= 0.3 is 12.1 Å². The first-order valence-electron chi connectivity index (χ1n) is 8.20. The Morgan fingerprint density at radius 1 is 1.20 bits per heavy atom. The van der Waals surface area contributed by atoms with Crippen molar-refractivity contribution < 1.29 is 19.4 Å². The lowest BCUT2D eigenvalue weighted by Gasteiger charge is -2.37. The smallest absolute Gasteiger partial charge is 0.410 e. The molecule has 1 aromatic rings. The summed E-state index contributed by atoms with van der Waals surface area (Å²) in [5, 5.41) is 9.37. The molecular formula is C19H24N2O4. The van der Waals surface area contributed by atoms with Crippen LogP contribution in [0.15, 0.2) is 12.1 Å². The molecule has 0 radical (unpaired) electrons. The third-order valence-corrected chi connectivity index (χ3v) is 4.05. The molecule has 1 aliphatic rings. The van der Waals surface area contributed by atoms with Crippen LogP contribution in [0.1, 0.15) is 42.3 Å². The predicted octanol–water partition coefficient (Wildman–Crippen LogP) is 2.73. The molecule has 0 spiro atoms. The van der Waals surface area contributed by atoms with Crippen molar-refractivity contribution in [1.82, 2.24) is 4.90 Å². The second-order valence-electron chi connectivity index (χ2n) is 7.07. The largest absolute Gasteiger partial charge is 0.478 e. The van der Waals surface area contributed by atoms with Crippen LogP contribution in [0.5, 0.6) is 0 Å². The molecule has 1 N–H and O–H groups in total. The fourth-order valence-electron chi connectivity index (χ4n) is 2.79. The van der Waals surface area contributed by atoms with Crippen molar-refractivity contribution in [3.05, 3.63) is 28.8 Å². The van der Waals surface area contributed by atoms with Crippen molar-refractivity contribution >= 4 is 17.7 Å². The van der Waals surface area contributed by atoms with Crippen molar-refractivity contribution in [2.45, 2.75) is 33.3 Å². The van der Waals surface area contributed by atoms with Crippen LogP contribution in [0.4, 0.5) is 10.5 Å². The van der Waals surface area contributed by atoms with E-state index in [2.05, 4.69) is 10.8 Å². The number of carbonyl (C=O) groups is 2. The van der Waals surface area contributed by atoms with E-state index in [1.807, 2.05) is 26.8 Å². The number of anilines is 1. The van der Waals surface area contributed by atoms with Gasteiger partial charge in [0.2, 0.25) is 0 Å². The highest BCUT2D eigenvalue weighted by atomic mass is 16.6. The van der Waals surface area contributed by atoms with Crippen molar-refractivity contribution in [2.24, 2.45) is 0 Å². The molecule has 1 fully saturated rings. The van der Waals surface area contributed by atoms with Gasteiger partial charge < -0.3 is 19.6 Å². The van der Waals surface area contributed by atoms with Crippen molar-refractivity contribution in [2.75, 3.05) is 31.1 Å². The number of hydrogen-bond donors (Lipinski definition) is 1. The molecule has 1 amide bonds. The summed E-state index contributed by atoms with van der Waals surface area (Å²) in [6.45, 7) is 9.49. The number of piperazine rings is 1. The second-order valence-corrected chi connectivity index (χ2v) is 7.07. The van der Waals surface area contributed by atoms with E-state index >= 15 is 0 Å². The predicted molar refractivity (Wildman–Crippen MR) is 96.1 cm³/mol. The highest BCUT2D eigenvalue weighted by molar-refractivity contribution is 5.92. The zero-order valence-electron chi connectivity index (χ0n) is 15.1. The molecule has 1 aromatic carbocycles. The zero-order chi connectivity index (χ0) is 18.8. The SMILES string of the molecule is C#Cc1cc(C(=O)O)c(C)c(N2CCN(C(=O)OC(C)(C)C)CC2)c1. The van der Waals surface area contributed by atoms with E-state index in [0.717, 1.165) is 5.69 Å². The zero-order valence-corrected chi connectivity index (χ0v) is 15.1. The van der Waals surface area contributed by atoms with Gasteiger partial charge in [0.25, 0.3) is 0 Å². The maximum absolute atomic E-state index is 12.1. The molecule has 0 aromatic heterocycles. The van der Waals surface area contributed by atoms with Gasteiger partial charge in [-0.25, -0.2) is 9.59 Å². The monoisotopic (exact) mass is 344 g/mol. The number of rotatable bonds is 2. The Morgan fingerprint density at radius 3 is 2.28 bits per heavy atom. The van der Waals surface area contributed by atoms with Crippen LogP contribution in [0.2, 0.25) is 0 Å². The van der Waals surface area contributed by atoms with Crippen LogP contribution >= 0.6 is 0 Å². The van der Waals surface area contributed by atoms with Gasteiger partial charge in [-0.3, -0.25) is 0 Å². The van der Waals surface area contributed by atoms with Gasteiger partial charge in [0.05, 0.1) is 5.56 Å². The van der Waals surface area contributed by atoms with E-state index in [9.17, 15) is 14.7 Å². The van der Waals surface area contributed by atoms with Crippen LogP contribution in [-0.2, 0) is 4.74 Å². The lowest BCUT2D eigenvalue weighted by molar-refractivity contribution is 0.0240. The van der Waals surface area contributed by atoms with Crippen molar-refractivity contribution in [1.29, 1.82) is 0 Å². The number of nitrogens with zero attached hydrogens (tertiary/aromatic N) is 2. The molecule has 25 heavy (non-hydrogen) atoms. The Kier molecular flexibility index (Phi) is 5.27. The first kappa shape index (κ1) is 18.7. The minimum atomic E-state index is -0.997. The van der Waals surface area contributed by atoms with E-state index < -0.39 is 11.6 Å². The molecule has 0 atom stereocenters. The summed E-state index contributed by atoms with van der Waals surface area (Å²) >= 11 is 0. The van der Waals surface area contributed by atoms with E-state index in [1.54, 1.807) is 11.8 Å². The number of carboxylic acids is 1. The van der Waals surface area contributed by atoms with Gasteiger partial charge in [-0.05, 0) is 45.4 Å². The lowest BCUT2D eigenvalue weighted by Crippen LogP contribution is -2.50. The Morgan fingerprint density at radius 2 is 1.80 bits per heavy atom. The van der Waals surface area contributed by atoms with Crippen molar-refractivity contribution in [3.63, 3.8) is 0 Å². The summed E-state index contributed by atoms with van der Waals surface area (Å²) in [6, 6.07) is 3.34. The first-order valence-corrected chi connectivity index (χ1v) is 8.20. The number of carboxylic acid groups (broad SMARTS) is 1. The first-order chi connectivity index (χ1) is 11.6. The number of carbonyl (C=O) groups excluding carboxylic acids is 1. The van der Waals surface area contributed by atoms with Crippen LogP contribution in [0, 0.1) is 19.3 Å². The van der Waals surface area contributed by atoms with Gasteiger partial charge in [-0.15, -0.1) is 6.42 Å². The molecule has 134 valence electrons. The highest BCUT2D eigenvalue weighted by Gasteiger charge is 2.27. The molecule has 2 rings (SSSR count). The Hall–Kier alpha value is -2.68. The summed E-state index contributed by atoms with van der Waals surface area (Å²) in [5.74, 6) is 1.51. The van der Waals surface area contributed by atoms with E-state index in [-0.39, 0.29) is 11.7 Å². The Balaban J connectivity index is 2.16. The highest BCUT2D eigenvalue weighted by Crippen LogP contribution is 2.27. The third kappa shape index (κ3) is 4.44. The van der Waals surface area contributed by atoms with Crippen LogP contribution in [-0.4, -0.2) is 53.8 Å². The average Bonchev–Trinajstić information content (AvgIpc) is 2.53. The summed E-state index contributed by atoms with van der Waals surface area (Å²) in [4.78, 5) is 27.3. The van der Waals surface area contributed by atoms with E-state index in [0.29, 0.717) is 37.3 Å². The fraction of sp³-hybridized carbons (Fsp3) is 0.474.